The van der Waals surface area contributed by atoms with Crippen molar-refractivity contribution < 1.29 is 0 Å². The Kier molecular flexibility index (Phi) is 2.63. The first kappa shape index (κ1) is 7.48. The SMILES string of the molecule is CCN(C)CC1=CCC=N1. The molecule has 0 fully saturated rings. The first-order valence-corrected chi connectivity index (χ1v) is 3.73. The van der Waals surface area contributed by atoms with Crippen molar-refractivity contribution >= 4 is 6.21 Å². The van der Waals surface area contributed by atoms with Crippen LogP contribution in [0.5, 0.6) is 0 Å². The van der Waals surface area contributed by atoms with E-state index in [4.69, 9.17) is 0 Å². The third kappa shape index (κ3) is 1.95. The summed E-state index contributed by atoms with van der Waals surface area (Å²) in [5.74, 6) is 0. The van der Waals surface area contributed by atoms with E-state index in [-0.39, 0.29) is 0 Å². The van der Waals surface area contributed by atoms with Crippen molar-refractivity contribution in [2.24, 2.45) is 4.99 Å². The summed E-state index contributed by atoms with van der Waals surface area (Å²) < 4.78 is 0. The van der Waals surface area contributed by atoms with Gasteiger partial charge in [-0.05, 0) is 13.6 Å². The maximum absolute atomic E-state index is 4.22. The van der Waals surface area contributed by atoms with E-state index in [1.54, 1.807) is 0 Å². The number of rotatable bonds is 3. The molecular formula is C8H14N2. The fraction of sp³-hybridized carbons (Fsp3) is 0.625. The smallest absolute Gasteiger partial charge is 0.0503 e. The Hall–Kier alpha value is -0.630. The molecule has 0 aromatic rings. The van der Waals surface area contributed by atoms with Crippen LogP contribution in [-0.2, 0) is 0 Å². The lowest BCUT2D eigenvalue weighted by molar-refractivity contribution is 0.382. The third-order valence-electron chi connectivity index (χ3n) is 1.69. The van der Waals surface area contributed by atoms with E-state index in [0.717, 1.165) is 19.5 Å². The molecule has 56 valence electrons. The maximum Gasteiger partial charge on any atom is 0.0503 e. The van der Waals surface area contributed by atoms with Gasteiger partial charge < -0.3 is 4.90 Å². The predicted octanol–water partition coefficient (Wildman–Crippen LogP) is 1.30. The van der Waals surface area contributed by atoms with Gasteiger partial charge in [-0.15, -0.1) is 0 Å². The highest BCUT2D eigenvalue weighted by molar-refractivity contribution is 5.64. The Morgan fingerprint density at radius 3 is 3.00 bits per heavy atom. The minimum absolute atomic E-state index is 0.993. The second-order valence-corrected chi connectivity index (χ2v) is 2.57. The van der Waals surface area contributed by atoms with Gasteiger partial charge in [-0.3, -0.25) is 4.99 Å². The fourth-order valence-electron chi connectivity index (χ4n) is 0.905. The Morgan fingerprint density at radius 2 is 2.50 bits per heavy atom. The zero-order valence-corrected chi connectivity index (χ0v) is 6.67. The van der Waals surface area contributed by atoms with Crippen LogP contribution in [0.2, 0.25) is 0 Å². The lowest BCUT2D eigenvalue weighted by Gasteiger charge is -2.11. The standard InChI is InChI=1S/C8H14N2/c1-3-10(2)7-8-5-4-6-9-8/h5-6H,3-4,7H2,1-2H3. The molecule has 0 unspecified atom stereocenters. The first-order valence-electron chi connectivity index (χ1n) is 3.73. The van der Waals surface area contributed by atoms with Gasteiger partial charge in [0.2, 0.25) is 0 Å². The average molecular weight is 138 g/mol. The van der Waals surface area contributed by atoms with E-state index >= 15 is 0 Å². The number of aliphatic imine (C=N–C) groups is 1. The highest BCUT2D eigenvalue weighted by atomic mass is 15.1. The minimum Gasteiger partial charge on any atom is -0.301 e. The highest BCUT2D eigenvalue weighted by Crippen LogP contribution is 2.05. The van der Waals surface area contributed by atoms with Crippen LogP contribution in [0, 0.1) is 0 Å². The molecule has 0 aromatic heterocycles. The van der Waals surface area contributed by atoms with Gasteiger partial charge in [0.1, 0.15) is 0 Å². The Morgan fingerprint density at radius 1 is 1.70 bits per heavy atom. The third-order valence-corrected chi connectivity index (χ3v) is 1.69. The molecule has 1 aliphatic rings. The van der Waals surface area contributed by atoms with Crippen molar-refractivity contribution in [2.45, 2.75) is 13.3 Å². The van der Waals surface area contributed by atoms with Crippen LogP contribution in [0.3, 0.4) is 0 Å². The van der Waals surface area contributed by atoms with Crippen molar-refractivity contribution in [3.05, 3.63) is 11.8 Å². The van der Waals surface area contributed by atoms with E-state index in [2.05, 4.69) is 29.9 Å². The fourth-order valence-corrected chi connectivity index (χ4v) is 0.905. The van der Waals surface area contributed by atoms with Gasteiger partial charge in [-0.2, -0.15) is 0 Å². The average Bonchev–Trinajstić information content (AvgIpc) is 2.40. The molecule has 0 radical (unpaired) electrons. The molecule has 0 bridgehead atoms. The van der Waals surface area contributed by atoms with Crippen molar-refractivity contribution in [3.8, 4) is 0 Å². The summed E-state index contributed by atoms with van der Waals surface area (Å²) >= 11 is 0. The minimum atomic E-state index is 0.993. The summed E-state index contributed by atoms with van der Waals surface area (Å²) in [5.41, 5.74) is 1.21. The molecule has 0 N–H and O–H groups in total. The highest BCUT2D eigenvalue weighted by Gasteiger charge is 2.00. The molecule has 1 rings (SSSR count). The number of hydrogen-bond donors (Lipinski definition) is 0. The molecule has 0 saturated carbocycles. The summed E-state index contributed by atoms with van der Waals surface area (Å²) in [6.45, 7) is 4.24. The van der Waals surface area contributed by atoms with Crippen LogP contribution < -0.4 is 0 Å². The zero-order chi connectivity index (χ0) is 7.40. The largest absolute Gasteiger partial charge is 0.301 e. The van der Waals surface area contributed by atoms with Crippen LogP contribution in [0.25, 0.3) is 0 Å². The van der Waals surface area contributed by atoms with Crippen LogP contribution in [0.4, 0.5) is 0 Å². The molecule has 0 aromatic carbocycles. The predicted molar refractivity (Wildman–Crippen MR) is 44.4 cm³/mol. The molecule has 10 heavy (non-hydrogen) atoms. The quantitative estimate of drug-likeness (QED) is 0.574. The van der Waals surface area contributed by atoms with Gasteiger partial charge in [0.25, 0.3) is 0 Å². The van der Waals surface area contributed by atoms with Crippen LogP contribution in [-0.4, -0.2) is 31.3 Å². The molecule has 1 aliphatic heterocycles. The normalized spacial score (nSPS) is 16.5. The summed E-state index contributed by atoms with van der Waals surface area (Å²) in [4.78, 5) is 6.46. The van der Waals surface area contributed by atoms with Crippen molar-refractivity contribution in [1.29, 1.82) is 0 Å². The van der Waals surface area contributed by atoms with E-state index in [1.165, 1.54) is 5.70 Å². The number of nitrogens with zero attached hydrogens (tertiary/aromatic N) is 2. The molecule has 0 saturated heterocycles. The first-order chi connectivity index (χ1) is 4.83. The van der Waals surface area contributed by atoms with Gasteiger partial charge in [-0.25, -0.2) is 0 Å². The number of likely N-dealkylation sites (N-methyl/N-ethyl adjacent to an activating group) is 1. The van der Waals surface area contributed by atoms with E-state index < -0.39 is 0 Å². The molecule has 2 heteroatoms. The summed E-state index contributed by atoms with van der Waals surface area (Å²) in [6, 6.07) is 0. The Bertz CT molecular complexity index is 159. The van der Waals surface area contributed by atoms with E-state index in [1.807, 2.05) is 6.21 Å². The van der Waals surface area contributed by atoms with Crippen LogP contribution in [0.1, 0.15) is 13.3 Å². The molecule has 2 nitrogen and oxygen atoms in total. The van der Waals surface area contributed by atoms with Crippen molar-refractivity contribution in [1.82, 2.24) is 4.90 Å². The zero-order valence-electron chi connectivity index (χ0n) is 6.67. The molecule has 1 heterocycles. The summed E-state index contributed by atoms with van der Waals surface area (Å²) in [5, 5.41) is 0. The molecular weight excluding hydrogens is 124 g/mol. The molecule has 0 aliphatic carbocycles. The molecule has 0 spiro atoms. The van der Waals surface area contributed by atoms with Gasteiger partial charge in [0, 0.05) is 19.2 Å². The lowest BCUT2D eigenvalue weighted by atomic mass is 10.4. The van der Waals surface area contributed by atoms with Gasteiger partial charge in [0.15, 0.2) is 0 Å². The summed E-state index contributed by atoms with van der Waals surface area (Å²) in [7, 11) is 2.11. The second kappa shape index (κ2) is 3.52. The molecule has 0 atom stereocenters. The number of allylic oxidation sites excluding steroid dienone is 1. The van der Waals surface area contributed by atoms with Gasteiger partial charge >= 0.3 is 0 Å². The van der Waals surface area contributed by atoms with E-state index in [0.29, 0.717) is 0 Å². The number of hydrogen-bond acceptors (Lipinski definition) is 2. The van der Waals surface area contributed by atoms with Crippen LogP contribution in [0.15, 0.2) is 16.8 Å². The van der Waals surface area contributed by atoms with Gasteiger partial charge in [-0.1, -0.05) is 13.0 Å². The topological polar surface area (TPSA) is 15.6 Å². The Labute approximate surface area is 62.3 Å². The maximum atomic E-state index is 4.22. The van der Waals surface area contributed by atoms with Crippen molar-refractivity contribution in [3.63, 3.8) is 0 Å². The van der Waals surface area contributed by atoms with Crippen molar-refractivity contribution in [2.75, 3.05) is 20.1 Å². The van der Waals surface area contributed by atoms with Crippen LogP contribution >= 0.6 is 0 Å². The molecule has 0 amide bonds. The van der Waals surface area contributed by atoms with Gasteiger partial charge in [0.05, 0.1) is 5.70 Å². The second-order valence-electron chi connectivity index (χ2n) is 2.57. The lowest BCUT2D eigenvalue weighted by Crippen LogP contribution is -2.19. The Balaban J connectivity index is 2.31. The van der Waals surface area contributed by atoms with E-state index in [9.17, 15) is 0 Å². The monoisotopic (exact) mass is 138 g/mol. The summed E-state index contributed by atoms with van der Waals surface area (Å²) in [6.07, 6.45) is 5.15.